The van der Waals surface area contributed by atoms with Crippen LogP contribution in [0.4, 0.5) is 0 Å². The Morgan fingerprint density at radius 3 is 2.71 bits per heavy atom. The second-order valence-electron chi connectivity index (χ2n) is 4.61. The zero-order valence-electron chi connectivity index (χ0n) is 12.0. The average molecular weight is 296 g/mol. The molecule has 0 aromatic rings. The Hall–Kier alpha value is -2.11. The van der Waals surface area contributed by atoms with Crippen molar-refractivity contribution in [1.29, 1.82) is 5.26 Å². The van der Waals surface area contributed by atoms with Crippen molar-refractivity contribution in [2.45, 2.75) is 13.0 Å². The Morgan fingerprint density at radius 1 is 1.48 bits per heavy atom. The van der Waals surface area contributed by atoms with Crippen molar-refractivity contribution >= 4 is 11.9 Å². The van der Waals surface area contributed by atoms with Crippen molar-refractivity contribution in [2.24, 2.45) is 0 Å². The molecule has 8 nitrogen and oxygen atoms in total. The van der Waals surface area contributed by atoms with E-state index in [0.717, 1.165) is 19.3 Å². The zero-order valence-corrected chi connectivity index (χ0v) is 12.0. The Kier molecular flexibility index (Phi) is 7.21. The Morgan fingerprint density at radius 2 is 2.14 bits per heavy atom. The first-order valence-electron chi connectivity index (χ1n) is 6.72. The maximum Gasteiger partial charge on any atom is 0.325 e. The number of carboxylic acids is 1. The highest BCUT2D eigenvalue weighted by Crippen LogP contribution is 1.96. The molecule has 116 valence electrons. The summed E-state index contributed by atoms with van der Waals surface area (Å²) in [5.74, 6) is -1.58. The predicted octanol–water partition coefficient (Wildman–Crippen LogP) is -1.10. The molecule has 8 heteroatoms. The summed E-state index contributed by atoms with van der Waals surface area (Å²) in [7, 11) is 0. The van der Waals surface area contributed by atoms with Crippen molar-refractivity contribution in [1.82, 2.24) is 15.5 Å². The number of aliphatic carboxylic acids is 1. The minimum atomic E-state index is -1.06. The molecule has 0 spiro atoms. The number of hydrogen-bond acceptors (Lipinski definition) is 6. The van der Waals surface area contributed by atoms with E-state index >= 15 is 0 Å². The average Bonchev–Trinajstić information content (AvgIpc) is 2.48. The van der Waals surface area contributed by atoms with Gasteiger partial charge in [-0.05, 0) is 6.92 Å². The number of carbonyl (C=O) groups is 2. The van der Waals surface area contributed by atoms with E-state index in [1.807, 2.05) is 0 Å². The molecule has 1 atom stereocenters. The Labute approximate surface area is 123 Å². The molecule has 1 saturated heterocycles. The van der Waals surface area contributed by atoms with Gasteiger partial charge in [-0.3, -0.25) is 14.5 Å². The number of nitriles is 1. The standard InChI is InChI=1S/C13H20N4O4/c1-10(13(19)20)16-9-11(8-14)12(18)15-2-3-17-4-6-21-7-5-17/h9-10,16H,2-7H2,1H3,(H,15,18)(H,19,20)/b11-9-. The molecule has 0 saturated carbocycles. The number of morpholine rings is 1. The Balaban J connectivity index is 2.35. The van der Waals surface area contributed by atoms with Crippen molar-refractivity contribution < 1.29 is 19.4 Å². The smallest absolute Gasteiger partial charge is 0.325 e. The number of carbonyl (C=O) groups excluding carboxylic acids is 1. The SMILES string of the molecule is CC(N/C=C(/C#N)C(=O)NCCN1CCOCC1)C(=O)O. The quantitative estimate of drug-likeness (QED) is 0.404. The van der Waals surface area contributed by atoms with Crippen LogP contribution in [0.15, 0.2) is 11.8 Å². The van der Waals surface area contributed by atoms with E-state index in [1.54, 1.807) is 6.07 Å². The van der Waals surface area contributed by atoms with E-state index in [4.69, 9.17) is 15.1 Å². The molecule has 0 aliphatic carbocycles. The van der Waals surface area contributed by atoms with E-state index in [1.165, 1.54) is 6.92 Å². The van der Waals surface area contributed by atoms with Gasteiger partial charge in [-0.25, -0.2) is 0 Å². The second kappa shape index (κ2) is 8.94. The van der Waals surface area contributed by atoms with Crippen LogP contribution in [-0.2, 0) is 14.3 Å². The molecule has 1 aliphatic rings. The molecule has 1 amide bonds. The predicted molar refractivity (Wildman–Crippen MR) is 74.2 cm³/mol. The summed E-state index contributed by atoms with van der Waals surface area (Å²) < 4.78 is 5.22. The third-order valence-corrected chi connectivity index (χ3v) is 3.03. The molecule has 1 rings (SSSR count). The van der Waals surface area contributed by atoms with Gasteiger partial charge >= 0.3 is 5.97 Å². The summed E-state index contributed by atoms with van der Waals surface area (Å²) in [5, 5.41) is 22.7. The molecule has 1 unspecified atom stereocenters. The van der Waals surface area contributed by atoms with E-state index < -0.39 is 17.9 Å². The molecule has 0 bridgehead atoms. The highest BCUT2D eigenvalue weighted by atomic mass is 16.5. The van der Waals surface area contributed by atoms with Crippen molar-refractivity contribution in [2.75, 3.05) is 39.4 Å². The molecule has 3 N–H and O–H groups in total. The maximum absolute atomic E-state index is 11.8. The molecular weight excluding hydrogens is 276 g/mol. The normalized spacial score (nSPS) is 17.6. The maximum atomic E-state index is 11.8. The van der Waals surface area contributed by atoms with Crippen LogP contribution in [-0.4, -0.2) is 67.3 Å². The van der Waals surface area contributed by atoms with Crippen LogP contribution in [0.25, 0.3) is 0 Å². The van der Waals surface area contributed by atoms with E-state index in [9.17, 15) is 9.59 Å². The fraction of sp³-hybridized carbons (Fsp3) is 0.615. The van der Waals surface area contributed by atoms with Crippen LogP contribution in [0.5, 0.6) is 0 Å². The third-order valence-electron chi connectivity index (χ3n) is 3.03. The van der Waals surface area contributed by atoms with Crippen LogP contribution < -0.4 is 10.6 Å². The highest BCUT2D eigenvalue weighted by Gasteiger charge is 2.13. The van der Waals surface area contributed by atoms with Gasteiger partial charge in [0.15, 0.2) is 0 Å². The molecule has 1 heterocycles. The summed E-state index contributed by atoms with van der Waals surface area (Å²) in [5.41, 5.74) is -0.148. The van der Waals surface area contributed by atoms with Gasteiger partial charge in [0.05, 0.1) is 13.2 Å². The van der Waals surface area contributed by atoms with Gasteiger partial charge in [0.2, 0.25) is 0 Å². The summed E-state index contributed by atoms with van der Waals surface area (Å²) in [6, 6.07) is 0.878. The molecule has 0 aromatic heterocycles. The number of rotatable bonds is 7. The van der Waals surface area contributed by atoms with Gasteiger partial charge in [0.1, 0.15) is 17.7 Å². The monoisotopic (exact) mass is 296 g/mol. The van der Waals surface area contributed by atoms with Gasteiger partial charge in [-0.15, -0.1) is 0 Å². The van der Waals surface area contributed by atoms with Crippen LogP contribution in [0, 0.1) is 11.3 Å². The summed E-state index contributed by atoms with van der Waals surface area (Å²) in [6.45, 7) is 5.56. The number of nitrogens with zero attached hydrogens (tertiary/aromatic N) is 2. The van der Waals surface area contributed by atoms with Gasteiger partial charge in [0.25, 0.3) is 5.91 Å². The first-order valence-corrected chi connectivity index (χ1v) is 6.72. The largest absolute Gasteiger partial charge is 0.480 e. The zero-order chi connectivity index (χ0) is 15.7. The summed E-state index contributed by atoms with van der Waals surface area (Å²) in [4.78, 5) is 24.5. The summed E-state index contributed by atoms with van der Waals surface area (Å²) >= 11 is 0. The lowest BCUT2D eigenvalue weighted by atomic mass is 10.2. The minimum Gasteiger partial charge on any atom is -0.480 e. The van der Waals surface area contributed by atoms with Gasteiger partial charge in [0, 0.05) is 32.4 Å². The van der Waals surface area contributed by atoms with Gasteiger partial charge in [-0.2, -0.15) is 5.26 Å². The van der Waals surface area contributed by atoms with Crippen molar-refractivity contribution in [3.63, 3.8) is 0 Å². The second-order valence-corrected chi connectivity index (χ2v) is 4.61. The lowest BCUT2D eigenvalue weighted by molar-refractivity contribution is -0.138. The first-order chi connectivity index (χ1) is 10.0. The number of hydrogen-bond donors (Lipinski definition) is 3. The van der Waals surface area contributed by atoms with Gasteiger partial charge in [-0.1, -0.05) is 0 Å². The number of amides is 1. The third kappa shape index (κ3) is 6.25. The van der Waals surface area contributed by atoms with Crippen molar-refractivity contribution in [3.05, 3.63) is 11.8 Å². The highest BCUT2D eigenvalue weighted by molar-refractivity contribution is 5.97. The number of ether oxygens (including phenoxy) is 1. The fourth-order valence-electron chi connectivity index (χ4n) is 1.68. The first kappa shape index (κ1) is 16.9. The fourth-order valence-corrected chi connectivity index (χ4v) is 1.68. The van der Waals surface area contributed by atoms with Crippen molar-refractivity contribution in [3.8, 4) is 6.07 Å². The van der Waals surface area contributed by atoms with E-state index in [2.05, 4.69) is 15.5 Å². The molecule has 0 aromatic carbocycles. The molecule has 0 radical (unpaired) electrons. The number of carboxylic acid groups (broad SMARTS) is 1. The minimum absolute atomic E-state index is 0.148. The molecule has 1 fully saturated rings. The topological polar surface area (TPSA) is 115 Å². The van der Waals surface area contributed by atoms with Crippen LogP contribution >= 0.6 is 0 Å². The Bertz CT molecular complexity index is 438. The summed E-state index contributed by atoms with van der Waals surface area (Å²) in [6.07, 6.45) is 1.13. The van der Waals surface area contributed by atoms with E-state index in [-0.39, 0.29) is 5.57 Å². The van der Waals surface area contributed by atoms with Crippen LogP contribution in [0.3, 0.4) is 0 Å². The number of nitrogens with one attached hydrogen (secondary N) is 2. The lowest BCUT2D eigenvalue weighted by Crippen LogP contribution is -2.41. The molecule has 21 heavy (non-hydrogen) atoms. The van der Waals surface area contributed by atoms with E-state index in [0.29, 0.717) is 26.3 Å². The van der Waals surface area contributed by atoms with Crippen LogP contribution in [0.2, 0.25) is 0 Å². The molecular formula is C13H20N4O4. The lowest BCUT2D eigenvalue weighted by Gasteiger charge is -2.26. The van der Waals surface area contributed by atoms with Crippen LogP contribution in [0.1, 0.15) is 6.92 Å². The van der Waals surface area contributed by atoms with Gasteiger partial charge < -0.3 is 20.5 Å². The molecule has 1 aliphatic heterocycles.